The summed E-state index contributed by atoms with van der Waals surface area (Å²) < 4.78 is 11.7. The standard InChI is InChI=1S/C23H24N2O3.ClH/c1-12(2)24-10-16-11-25-15(5)23-18(16)8-20(27-23)19-9-21(26)28-22-14(4)13(3)6-7-17(19)22;/h6-9,11-12,24H,10H2,1-5H3;1H. The van der Waals surface area contributed by atoms with Gasteiger partial charge in [-0.1, -0.05) is 26.0 Å². The fraction of sp³-hybridized carbons (Fsp3) is 0.304. The first-order chi connectivity index (χ1) is 13.3. The van der Waals surface area contributed by atoms with Gasteiger partial charge in [-0.2, -0.15) is 0 Å². The Morgan fingerprint density at radius 1 is 1.03 bits per heavy atom. The monoisotopic (exact) mass is 412 g/mol. The van der Waals surface area contributed by atoms with Gasteiger partial charge >= 0.3 is 5.63 Å². The van der Waals surface area contributed by atoms with Gasteiger partial charge in [-0.05, 0) is 43.5 Å². The number of rotatable bonds is 4. The summed E-state index contributed by atoms with van der Waals surface area (Å²) >= 11 is 0. The highest BCUT2D eigenvalue weighted by Gasteiger charge is 2.17. The van der Waals surface area contributed by atoms with Crippen molar-refractivity contribution in [1.82, 2.24) is 10.3 Å². The van der Waals surface area contributed by atoms with Gasteiger partial charge in [-0.25, -0.2) is 4.79 Å². The number of nitrogens with one attached hydrogen (secondary N) is 1. The van der Waals surface area contributed by atoms with Crippen molar-refractivity contribution >= 4 is 34.3 Å². The van der Waals surface area contributed by atoms with Crippen molar-refractivity contribution in [2.75, 3.05) is 0 Å². The summed E-state index contributed by atoms with van der Waals surface area (Å²) in [5.41, 5.74) is 5.67. The summed E-state index contributed by atoms with van der Waals surface area (Å²) in [4.78, 5) is 16.7. The third-order valence-corrected chi connectivity index (χ3v) is 5.22. The summed E-state index contributed by atoms with van der Waals surface area (Å²) in [7, 11) is 0. The molecule has 152 valence electrons. The molecule has 0 aliphatic carbocycles. The molecule has 4 rings (SSSR count). The minimum Gasteiger partial charge on any atom is -0.454 e. The zero-order valence-corrected chi connectivity index (χ0v) is 18.1. The van der Waals surface area contributed by atoms with Crippen LogP contribution in [-0.4, -0.2) is 11.0 Å². The number of halogens is 1. The van der Waals surface area contributed by atoms with Crippen molar-refractivity contribution in [2.45, 2.75) is 47.2 Å². The normalized spacial score (nSPS) is 11.4. The van der Waals surface area contributed by atoms with E-state index in [0.29, 0.717) is 23.9 Å². The Balaban J connectivity index is 0.00000240. The second-order valence-corrected chi connectivity index (χ2v) is 7.62. The van der Waals surface area contributed by atoms with Gasteiger partial charge in [0.1, 0.15) is 11.3 Å². The fourth-order valence-corrected chi connectivity index (χ4v) is 3.45. The smallest absolute Gasteiger partial charge is 0.336 e. The van der Waals surface area contributed by atoms with Gasteiger partial charge in [-0.15, -0.1) is 12.4 Å². The summed E-state index contributed by atoms with van der Waals surface area (Å²) in [6.45, 7) is 10.8. The number of fused-ring (bicyclic) bond motifs is 2. The zero-order chi connectivity index (χ0) is 20.0. The fourth-order valence-electron chi connectivity index (χ4n) is 3.45. The van der Waals surface area contributed by atoms with Crippen molar-refractivity contribution in [2.24, 2.45) is 0 Å². The molecule has 3 aromatic heterocycles. The lowest BCUT2D eigenvalue weighted by Gasteiger charge is -2.08. The Kier molecular flexibility index (Phi) is 5.82. The average Bonchev–Trinajstić information content (AvgIpc) is 3.10. The van der Waals surface area contributed by atoms with E-state index < -0.39 is 0 Å². The minimum atomic E-state index is -0.381. The first-order valence-corrected chi connectivity index (χ1v) is 9.51. The molecule has 5 nitrogen and oxygen atoms in total. The predicted molar refractivity (Wildman–Crippen MR) is 119 cm³/mol. The van der Waals surface area contributed by atoms with E-state index >= 15 is 0 Å². The molecule has 0 bridgehead atoms. The molecular weight excluding hydrogens is 388 g/mol. The van der Waals surface area contributed by atoms with Crippen LogP contribution >= 0.6 is 12.4 Å². The van der Waals surface area contributed by atoms with E-state index in [4.69, 9.17) is 8.83 Å². The third-order valence-electron chi connectivity index (χ3n) is 5.22. The van der Waals surface area contributed by atoms with Crippen LogP contribution in [0.1, 0.15) is 36.2 Å². The lowest BCUT2D eigenvalue weighted by molar-refractivity contribution is 0.557. The lowest BCUT2D eigenvalue weighted by Crippen LogP contribution is -2.22. The van der Waals surface area contributed by atoms with Gasteiger partial charge in [0.2, 0.25) is 0 Å². The first kappa shape index (κ1) is 21.1. The number of nitrogens with zero attached hydrogens (tertiary/aromatic N) is 1. The second kappa shape index (κ2) is 8.01. The molecule has 0 amide bonds. The quantitative estimate of drug-likeness (QED) is 0.451. The highest BCUT2D eigenvalue weighted by atomic mass is 35.5. The van der Waals surface area contributed by atoms with E-state index in [9.17, 15) is 4.79 Å². The van der Waals surface area contributed by atoms with Crippen molar-refractivity contribution in [3.8, 4) is 11.3 Å². The van der Waals surface area contributed by atoms with Gasteiger partial charge in [0.15, 0.2) is 5.58 Å². The van der Waals surface area contributed by atoms with Crippen molar-refractivity contribution in [3.63, 3.8) is 0 Å². The molecular formula is C23H25ClN2O3. The highest BCUT2D eigenvalue weighted by Crippen LogP contribution is 2.35. The zero-order valence-electron chi connectivity index (χ0n) is 17.3. The van der Waals surface area contributed by atoms with Crippen LogP contribution in [0.2, 0.25) is 0 Å². The van der Waals surface area contributed by atoms with Crippen LogP contribution in [0.5, 0.6) is 0 Å². The van der Waals surface area contributed by atoms with Crippen molar-refractivity contribution in [3.05, 3.63) is 63.3 Å². The second-order valence-electron chi connectivity index (χ2n) is 7.62. The molecule has 29 heavy (non-hydrogen) atoms. The van der Waals surface area contributed by atoms with E-state index in [1.807, 2.05) is 45.2 Å². The molecule has 0 atom stereocenters. The minimum absolute atomic E-state index is 0. The van der Waals surface area contributed by atoms with Crippen LogP contribution < -0.4 is 10.9 Å². The number of furan rings is 1. The number of aromatic nitrogens is 1. The maximum atomic E-state index is 12.2. The highest BCUT2D eigenvalue weighted by molar-refractivity contribution is 5.97. The molecule has 0 fully saturated rings. The largest absolute Gasteiger partial charge is 0.454 e. The Bertz CT molecular complexity index is 1250. The van der Waals surface area contributed by atoms with Gasteiger partial charge in [-0.3, -0.25) is 4.98 Å². The van der Waals surface area contributed by atoms with E-state index in [1.54, 1.807) is 0 Å². The molecule has 0 aliphatic rings. The lowest BCUT2D eigenvalue weighted by atomic mass is 10.0. The molecule has 3 heterocycles. The SMILES string of the molecule is Cc1ccc2c(-c3cc4c(CNC(C)C)cnc(C)c4o3)cc(=O)oc2c1C.Cl. The summed E-state index contributed by atoms with van der Waals surface area (Å²) in [5.74, 6) is 0.651. The van der Waals surface area contributed by atoms with Gasteiger partial charge in [0.05, 0.1) is 5.69 Å². The maximum Gasteiger partial charge on any atom is 0.336 e. The molecule has 0 saturated carbocycles. The summed E-state index contributed by atoms with van der Waals surface area (Å²) in [5, 5.41) is 5.31. The van der Waals surface area contributed by atoms with Crippen molar-refractivity contribution < 1.29 is 8.83 Å². The third kappa shape index (κ3) is 3.80. The Labute approximate surface area is 175 Å². The van der Waals surface area contributed by atoms with Gasteiger partial charge in [0, 0.05) is 41.2 Å². The van der Waals surface area contributed by atoms with E-state index in [2.05, 4.69) is 24.1 Å². The molecule has 0 unspecified atom stereocenters. The molecule has 0 radical (unpaired) electrons. The van der Waals surface area contributed by atoms with Crippen LogP contribution in [0, 0.1) is 20.8 Å². The number of aryl methyl sites for hydroxylation is 3. The van der Waals surface area contributed by atoms with Gasteiger partial charge in [0.25, 0.3) is 0 Å². The number of hydrogen-bond acceptors (Lipinski definition) is 5. The van der Waals surface area contributed by atoms with Crippen LogP contribution in [-0.2, 0) is 6.54 Å². The number of benzene rings is 1. The molecule has 1 aromatic carbocycles. The van der Waals surface area contributed by atoms with Crippen LogP contribution in [0.15, 0.2) is 44.1 Å². The number of hydrogen-bond donors (Lipinski definition) is 1. The molecule has 0 aliphatic heterocycles. The average molecular weight is 413 g/mol. The molecule has 4 aromatic rings. The van der Waals surface area contributed by atoms with Crippen LogP contribution in [0.25, 0.3) is 33.3 Å². The predicted octanol–water partition coefficient (Wildman–Crippen LogP) is 5.45. The molecule has 0 saturated heterocycles. The first-order valence-electron chi connectivity index (χ1n) is 9.51. The van der Waals surface area contributed by atoms with Gasteiger partial charge < -0.3 is 14.2 Å². The molecule has 0 spiro atoms. The number of pyridine rings is 1. The Hall–Kier alpha value is -2.63. The Morgan fingerprint density at radius 3 is 2.52 bits per heavy atom. The van der Waals surface area contributed by atoms with E-state index in [0.717, 1.165) is 44.3 Å². The van der Waals surface area contributed by atoms with Crippen molar-refractivity contribution in [1.29, 1.82) is 0 Å². The summed E-state index contributed by atoms with van der Waals surface area (Å²) in [6, 6.07) is 7.90. The Morgan fingerprint density at radius 2 is 1.79 bits per heavy atom. The van der Waals surface area contributed by atoms with E-state index in [1.165, 1.54) is 6.07 Å². The summed E-state index contributed by atoms with van der Waals surface area (Å²) in [6.07, 6.45) is 1.89. The molecule has 6 heteroatoms. The molecule has 1 N–H and O–H groups in total. The maximum absolute atomic E-state index is 12.2. The van der Waals surface area contributed by atoms with Crippen LogP contribution in [0.4, 0.5) is 0 Å². The van der Waals surface area contributed by atoms with Crippen LogP contribution in [0.3, 0.4) is 0 Å². The topological polar surface area (TPSA) is 68.3 Å². The van der Waals surface area contributed by atoms with E-state index in [-0.39, 0.29) is 18.0 Å².